The molecule has 0 heterocycles. The molecule has 0 aromatic rings. The lowest BCUT2D eigenvalue weighted by molar-refractivity contribution is 0.992. The predicted octanol–water partition coefficient (Wildman–Crippen LogP) is 2.25. The van der Waals surface area contributed by atoms with E-state index in [1.54, 1.807) is 0 Å². The molecule has 0 N–H and O–H groups in total. The summed E-state index contributed by atoms with van der Waals surface area (Å²) in [5, 5.41) is 3.19. The van der Waals surface area contributed by atoms with E-state index in [2.05, 4.69) is 54.2 Å². The smallest absolute Gasteiger partial charge is 0.0626 e. The summed E-state index contributed by atoms with van der Waals surface area (Å²) >= 11 is 11.0. The lowest BCUT2D eigenvalue weighted by Gasteiger charge is -1.95. The topological polar surface area (TPSA) is 12.4 Å². The maximum atomic E-state index is 4.37. The average Bonchev–Trinajstić information content (AvgIpc) is 1.83. The standard InChI is InChI=1S/C4H5Br2NS/c5-1-4(6)2-7-3-8/h4H,1-2H2. The van der Waals surface area contributed by atoms with Gasteiger partial charge >= 0.3 is 0 Å². The summed E-state index contributed by atoms with van der Waals surface area (Å²) in [6, 6.07) is 0. The summed E-state index contributed by atoms with van der Waals surface area (Å²) in [4.78, 5) is 4.12. The molecule has 0 saturated carbocycles. The quantitative estimate of drug-likeness (QED) is 0.430. The van der Waals surface area contributed by atoms with Crippen molar-refractivity contribution in [2.24, 2.45) is 4.99 Å². The first-order valence-corrected chi connectivity index (χ1v) is 4.49. The van der Waals surface area contributed by atoms with Gasteiger partial charge < -0.3 is 0 Å². The zero-order valence-electron chi connectivity index (χ0n) is 4.10. The van der Waals surface area contributed by atoms with Crippen molar-refractivity contribution < 1.29 is 0 Å². The Kier molecular flexibility index (Phi) is 6.45. The number of aliphatic imine (C=N–C) groups is 1. The van der Waals surface area contributed by atoms with Crippen molar-refractivity contribution in [3.05, 3.63) is 0 Å². The number of nitrogens with zero attached hydrogens (tertiary/aromatic N) is 1. The van der Waals surface area contributed by atoms with Crippen molar-refractivity contribution in [3.8, 4) is 0 Å². The number of thiocarbonyl (C=S) groups is 1. The minimum absolute atomic E-state index is 0.387. The van der Waals surface area contributed by atoms with Crippen molar-refractivity contribution >= 4 is 49.2 Å². The van der Waals surface area contributed by atoms with Crippen LogP contribution in [0.1, 0.15) is 0 Å². The van der Waals surface area contributed by atoms with E-state index < -0.39 is 0 Å². The van der Waals surface area contributed by atoms with Crippen LogP contribution >= 0.6 is 44.1 Å². The van der Waals surface area contributed by atoms with Gasteiger partial charge in [0.25, 0.3) is 0 Å². The van der Waals surface area contributed by atoms with Crippen molar-refractivity contribution in [2.45, 2.75) is 4.83 Å². The lowest BCUT2D eigenvalue weighted by atomic mass is 10.5. The van der Waals surface area contributed by atoms with Crippen molar-refractivity contribution in [1.82, 2.24) is 0 Å². The van der Waals surface area contributed by atoms with Gasteiger partial charge in [0, 0.05) is 10.2 Å². The second kappa shape index (κ2) is 5.89. The molecule has 0 fully saturated rings. The predicted molar refractivity (Wildman–Crippen MR) is 46.4 cm³/mol. The first-order valence-electron chi connectivity index (χ1n) is 2.05. The largest absolute Gasteiger partial charge is 0.231 e. The maximum Gasteiger partial charge on any atom is 0.0626 e. The summed E-state index contributed by atoms with van der Waals surface area (Å²) < 4.78 is 0. The Balaban J connectivity index is 3.23. The molecule has 0 aliphatic heterocycles. The van der Waals surface area contributed by atoms with Crippen LogP contribution in [0.4, 0.5) is 0 Å². The monoisotopic (exact) mass is 257 g/mol. The Hall–Kier alpha value is 0.760. The summed E-state index contributed by atoms with van der Waals surface area (Å²) in [5.41, 5.74) is 0. The SMILES string of the molecule is S=C=NCC(Br)CBr. The molecule has 4 heteroatoms. The van der Waals surface area contributed by atoms with E-state index in [0.717, 1.165) is 5.33 Å². The molecule has 0 radical (unpaired) electrons. The second-order valence-electron chi connectivity index (χ2n) is 1.18. The Labute approximate surface area is 70.8 Å². The van der Waals surface area contributed by atoms with Crippen LogP contribution in [0, 0.1) is 0 Å². The highest BCUT2D eigenvalue weighted by atomic mass is 79.9. The summed E-state index contributed by atoms with van der Waals surface area (Å²) in [6.07, 6.45) is 0. The lowest BCUT2D eigenvalue weighted by Crippen LogP contribution is -2.02. The molecule has 0 aliphatic carbocycles. The van der Waals surface area contributed by atoms with E-state index >= 15 is 0 Å². The highest BCUT2D eigenvalue weighted by Gasteiger charge is 1.96. The molecule has 1 unspecified atom stereocenters. The molecule has 0 bridgehead atoms. The third kappa shape index (κ3) is 4.91. The molecule has 0 aromatic carbocycles. The Bertz CT molecular complexity index is 100. The molecule has 46 valence electrons. The molecule has 0 aromatic heterocycles. The minimum Gasteiger partial charge on any atom is -0.231 e. The van der Waals surface area contributed by atoms with E-state index in [0.29, 0.717) is 11.4 Å². The van der Waals surface area contributed by atoms with E-state index in [9.17, 15) is 0 Å². The van der Waals surface area contributed by atoms with Gasteiger partial charge in [0.2, 0.25) is 0 Å². The first kappa shape index (κ1) is 8.76. The van der Waals surface area contributed by atoms with Crippen LogP contribution in [0.15, 0.2) is 4.99 Å². The Morgan fingerprint density at radius 1 is 1.75 bits per heavy atom. The van der Waals surface area contributed by atoms with E-state index in [4.69, 9.17) is 0 Å². The number of isothiocyanates is 1. The van der Waals surface area contributed by atoms with Crippen LogP contribution in [0.5, 0.6) is 0 Å². The molecule has 8 heavy (non-hydrogen) atoms. The van der Waals surface area contributed by atoms with Gasteiger partial charge in [-0.25, -0.2) is 4.99 Å². The van der Waals surface area contributed by atoms with Gasteiger partial charge in [-0.1, -0.05) is 31.9 Å². The minimum atomic E-state index is 0.387. The fourth-order valence-electron chi connectivity index (χ4n) is 0.185. The number of rotatable bonds is 3. The third-order valence-corrected chi connectivity index (χ3v) is 2.91. The van der Waals surface area contributed by atoms with Crippen molar-refractivity contribution in [1.29, 1.82) is 0 Å². The molecular weight excluding hydrogens is 254 g/mol. The van der Waals surface area contributed by atoms with E-state index in [1.165, 1.54) is 0 Å². The number of halogens is 2. The number of hydrogen-bond acceptors (Lipinski definition) is 2. The zero-order chi connectivity index (χ0) is 6.41. The Morgan fingerprint density at radius 2 is 2.38 bits per heavy atom. The normalized spacial score (nSPS) is 12.2. The van der Waals surface area contributed by atoms with Gasteiger partial charge in [0.15, 0.2) is 0 Å². The number of hydrogen-bond donors (Lipinski definition) is 0. The fourth-order valence-corrected chi connectivity index (χ4v) is 0.609. The fraction of sp³-hybridized carbons (Fsp3) is 0.750. The van der Waals surface area contributed by atoms with E-state index in [1.807, 2.05) is 0 Å². The van der Waals surface area contributed by atoms with Crippen molar-refractivity contribution in [3.63, 3.8) is 0 Å². The molecule has 0 aliphatic rings. The van der Waals surface area contributed by atoms with Gasteiger partial charge in [-0.05, 0) is 12.2 Å². The molecule has 1 nitrogen and oxygen atoms in total. The summed E-state index contributed by atoms with van der Waals surface area (Å²) in [7, 11) is 0. The van der Waals surface area contributed by atoms with E-state index in [-0.39, 0.29) is 0 Å². The van der Waals surface area contributed by atoms with Crippen LogP contribution in [-0.2, 0) is 0 Å². The highest BCUT2D eigenvalue weighted by Crippen LogP contribution is 2.02. The maximum absolute atomic E-state index is 4.37. The first-order chi connectivity index (χ1) is 3.81. The van der Waals surface area contributed by atoms with Gasteiger partial charge in [-0.3, -0.25) is 0 Å². The summed E-state index contributed by atoms with van der Waals surface area (Å²) in [6.45, 7) is 0.703. The summed E-state index contributed by atoms with van der Waals surface area (Å²) in [5.74, 6) is 0. The van der Waals surface area contributed by atoms with Crippen LogP contribution in [0.25, 0.3) is 0 Å². The average molecular weight is 259 g/mol. The van der Waals surface area contributed by atoms with Crippen LogP contribution in [0.3, 0.4) is 0 Å². The molecule has 0 saturated heterocycles. The number of alkyl halides is 2. The molecule has 0 amide bonds. The molecule has 1 atom stereocenters. The highest BCUT2D eigenvalue weighted by molar-refractivity contribution is 9.12. The van der Waals surface area contributed by atoms with Crippen LogP contribution in [-0.4, -0.2) is 21.9 Å². The van der Waals surface area contributed by atoms with Gasteiger partial charge in [-0.15, -0.1) is 0 Å². The molecule has 0 rings (SSSR count). The third-order valence-electron chi connectivity index (χ3n) is 0.521. The Morgan fingerprint density at radius 3 is 2.75 bits per heavy atom. The van der Waals surface area contributed by atoms with Gasteiger partial charge in [0.05, 0.1) is 11.7 Å². The second-order valence-corrected chi connectivity index (χ2v) is 3.31. The molecule has 0 spiro atoms. The molecular formula is C4H5Br2NS. The van der Waals surface area contributed by atoms with Gasteiger partial charge in [-0.2, -0.15) is 0 Å². The van der Waals surface area contributed by atoms with Crippen molar-refractivity contribution in [2.75, 3.05) is 11.9 Å². The van der Waals surface area contributed by atoms with Gasteiger partial charge in [0.1, 0.15) is 0 Å². The van der Waals surface area contributed by atoms with Crippen LogP contribution in [0.2, 0.25) is 0 Å². The van der Waals surface area contributed by atoms with Crippen LogP contribution < -0.4 is 0 Å². The zero-order valence-corrected chi connectivity index (χ0v) is 8.09.